The van der Waals surface area contributed by atoms with Crippen LogP contribution in [0.25, 0.3) is 0 Å². The first-order valence-corrected chi connectivity index (χ1v) is 10.9. The summed E-state index contributed by atoms with van der Waals surface area (Å²) in [6.45, 7) is 4.49. The Labute approximate surface area is 139 Å². The van der Waals surface area contributed by atoms with E-state index >= 15 is 0 Å². The fourth-order valence-corrected chi connectivity index (χ4v) is 5.57. The molecule has 130 valence electrons. The van der Waals surface area contributed by atoms with Crippen LogP contribution in [-0.4, -0.2) is 46.5 Å². The molecular weight excluding hydrogens is 336 g/mol. The normalized spacial score (nSPS) is 17.3. The Hall–Kier alpha value is -0.960. The van der Waals surface area contributed by atoms with E-state index in [0.717, 1.165) is 24.8 Å². The highest BCUT2D eigenvalue weighted by atomic mass is 32.2. The molecule has 1 aliphatic rings. The molecule has 0 atom stereocenters. The summed E-state index contributed by atoms with van der Waals surface area (Å²) < 4.78 is 53.0. The molecule has 1 fully saturated rings. The van der Waals surface area contributed by atoms with E-state index in [0.29, 0.717) is 18.7 Å². The van der Waals surface area contributed by atoms with Crippen molar-refractivity contribution < 1.29 is 16.8 Å². The SMILES string of the molecule is Cc1ccc(C)c(S(=O)(=O)NCCS(=O)(=O)N2CCCCC2)c1. The summed E-state index contributed by atoms with van der Waals surface area (Å²) in [4.78, 5) is 0.202. The van der Waals surface area contributed by atoms with E-state index in [4.69, 9.17) is 0 Å². The molecule has 1 aromatic carbocycles. The number of hydrogen-bond donors (Lipinski definition) is 1. The van der Waals surface area contributed by atoms with Gasteiger partial charge in [-0.3, -0.25) is 0 Å². The van der Waals surface area contributed by atoms with Crippen molar-refractivity contribution in [2.24, 2.45) is 0 Å². The van der Waals surface area contributed by atoms with Gasteiger partial charge >= 0.3 is 0 Å². The van der Waals surface area contributed by atoms with E-state index in [1.54, 1.807) is 19.1 Å². The number of rotatable bonds is 6. The van der Waals surface area contributed by atoms with E-state index in [-0.39, 0.29) is 17.2 Å². The second kappa shape index (κ2) is 7.29. The third-order valence-electron chi connectivity index (χ3n) is 3.99. The maximum absolute atomic E-state index is 12.3. The van der Waals surface area contributed by atoms with Crippen molar-refractivity contribution in [2.75, 3.05) is 25.4 Å². The molecule has 0 aliphatic carbocycles. The molecular formula is C15H24N2O4S2. The standard InChI is InChI=1S/C15H24N2O4S2/c1-13-6-7-14(2)15(12-13)23(20,21)16-8-11-22(18,19)17-9-4-3-5-10-17/h6-7,12,16H,3-5,8-11H2,1-2H3. The first-order valence-electron chi connectivity index (χ1n) is 7.77. The summed E-state index contributed by atoms with van der Waals surface area (Å²) >= 11 is 0. The van der Waals surface area contributed by atoms with Gasteiger partial charge in [0.05, 0.1) is 10.6 Å². The van der Waals surface area contributed by atoms with Crippen molar-refractivity contribution in [1.82, 2.24) is 9.03 Å². The number of hydrogen-bond acceptors (Lipinski definition) is 4. The molecule has 0 unspecified atom stereocenters. The minimum atomic E-state index is -3.70. The maximum atomic E-state index is 12.3. The zero-order valence-electron chi connectivity index (χ0n) is 13.6. The molecule has 2 rings (SSSR count). The van der Waals surface area contributed by atoms with Gasteiger partial charge in [-0.05, 0) is 43.9 Å². The summed E-state index contributed by atoms with van der Waals surface area (Å²) in [6, 6.07) is 5.18. The van der Waals surface area contributed by atoms with Crippen LogP contribution < -0.4 is 4.72 Å². The van der Waals surface area contributed by atoms with E-state index in [1.807, 2.05) is 13.0 Å². The average molecular weight is 361 g/mol. The molecule has 8 heteroatoms. The highest BCUT2D eigenvalue weighted by Gasteiger charge is 2.24. The molecule has 0 saturated carbocycles. The van der Waals surface area contributed by atoms with Gasteiger partial charge in [-0.2, -0.15) is 0 Å². The summed E-state index contributed by atoms with van der Waals surface area (Å²) in [5.41, 5.74) is 1.49. The minimum absolute atomic E-state index is 0.117. The van der Waals surface area contributed by atoms with Crippen molar-refractivity contribution in [2.45, 2.75) is 38.0 Å². The molecule has 1 aromatic rings. The Morgan fingerprint density at radius 2 is 1.70 bits per heavy atom. The average Bonchev–Trinajstić information content (AvgIpc) is 2.50. The lowest BCUT2D eigenvalue weighted by Crippen LogP contribution is -2.40. The highest BCUT2D eigenvalue weighted by Crippen LogP contribution is 2.17. The molecule has 1 saturated heterocycles. The number of aryl methyl sites for hydroxylation is 2. The van der Waals surface area contributed by atoms with Crippen LogP contribution in [0.5, 0.6) is 0 Å². The van der Waals surface area contributed by atoms with Crippen molar-refractivity contribution in [1.29, 1.82) is 0 Å². The van der Waals surface area contributed by atoms with Gasteiger partial charge in [0.15, 0.2) is 0 Å². The summed E-state index contributed by atoms with van der Waals surface area (Å²) in [5.74, 6) is -0.211. The van der Waals surface area contributed by atoms with Crippen LogP contribution in [0, 0.1) is 13.8 Å². The van der Waals surface area contributed by atoms with Crippen molar-refractivity contribution in [3.63, 3.8) is 0 Å². The third kappa shape index (κ3) is 4.76. The van der Waals surface area contributed by atoms with Crippen LogP contribution in [0.15, 0.2) is 23.1 Å². The van der Waals surface area contributed by atoms with Crippen molar-refractivity contribution in [3.8, 4) is 0 Å². The van der Waals surface area contributed by atoms with Gasteiger partial charge in [0.25, 0.3) is 0 Å². The molecule has 0 aromatic heterocycles. The maximum Gasteiger partial charge on any atom is 0.240 e. The molecule has 23 heavy (non-hydrogen) atoms. The molecule has 1 N–H and O–H groups in total. The second-order valence-electron chi connectivity index (χ2n) is 5.94. The number of benzene rings is 1. The number of nitrogens with zero attached hydrogens (tertiary/aromatic N) is 1. The largest absolute Gasteiger partial charge is 0.240 e. The predicted octanol–water partition coefficient (Wildman–Crippen LogP) is 1.40. The topological polar surface area (TPSA) is 83.5 Å². The molecule has 0 spiro atoms. The van der Waals surface area contributed by atoms with E-state index < -0.39 is 20.0 Å². The van der Waals surface area contributed by atoms with Crippen LogP contribution >= 0.6 is 0 Å². The quantitative estimate of drug-likeness (QED) is 0.831. The minimum Gasteiger partial charge on any atom is -0.212 e. The van der Waals surface area contributed by atoms with Crippen LogP contribution in [0.1, 0.15) is 30.4 Å². The van der Waals surface area contributed by atoms with Gasteiger partial charge in [-0.15, -0.1) is 0 Å². The lowest BCUT2D eigenvalue weighted by atomic mass is 10.2. The summed E-state index contributed by atoms with van der Waals surface area (Å²) in [5, 5.41) is 0. The van der Waals surface area contributed by atoms with Crippen molar-refractivity contribution in [3.05, 3.63) is 29.3 Å². The molecule has 1 aliphatic heterocycles. The fraction of sp³-hybridized carbons (Fsp3) is 0.600. The number of sulfonamides is 2. The first-order chi connectivity index (χ1) is 10.7. The molecule has 6 nitrogen and oxygen atoms in total. The zero-order chi connectivity index (χ0) is 17.1. The third-order valence-corrected chi connectivity index (χ3v) is 7.47. The van der Waals surface area contributed by atoms with Crippen LogP contribution in [-0.2, 0) is 20.0 Å². The van der Waals surface area contributed by atoms with Gasteiger partial charge in [0.1, 0.15) is 0 Å². The molecule has 1 heterocycles. The second-order valence-corrected chi connectivity index (χ2v) is 9.77. The monoisotopic (exact) mass is 360 g/mol. The molecule has 0 bridgehead atoms. The fourth-order valence-electron chi connectivity index (χ4n) is 2.65. The Kier molecular flexibility index (Phi) is 5.83. The summed E-state index contributed by atoms with van der Waals surface area (Å²) in [7, 11) is -7.10. The Morgan fingerprint density at radius 3 is 2.35 bits per heavy atom. The molecule has 0 amide bonds. The zero-order valence-corrected chi connectivity index (χ0v) is 15.2. The first kappa shape index (κ1) is 18.4. The van der Waals surface area contributed by atoms with Gasteiger partial charge in [-0.1, -0.05) is 18.6 Å². The predicted molar refractivity (Wildman–Crippen MR) is 90.3 cm³/mol. The lowest BCUT2D eigenvalue weighted by molar-refractivity contribution is 0.346. The number of piperidine rings is 1. The van der Waals surface area contributed by atoms with Crippen LogP contribution in [0.3, 0.4) is 0 Å². The smallest absolute Gasteiger partial charge is 0.212 e. The lowest BCUT2D eigenvalue weighted by Gasteiger charge is -2.25. The number of nitrogens with one attached hydrogen (secondary N) is 1. The Balaban J connectivity index is 2.01. The van der Waals surface area contributed by atoms with Crippen LogP contribution in [0.2, 0.25) is 0 Å². The van der Waals surface area contributed by atoms with Gasteiger partial charge < -0.3 is 0 Å². The van der Waals surface area contributed by atoms with Crippen LogP contribution in [0.4, 0.5) is 0 Å². The van der Waals surface area contributed by atoms with Gasteiger partial charge in [-0.25, -0.2) is 25.9 Å². The van der Waals surface area contributed by atoms with E-state index in [1.165, 1.54) is 4.31 Å². The van der Waals surface area contributed by atoms with Gasteiger partial charge in [0, 0.05) is 19.6 Å². The highest BCUT2D eigenvalue weighted by molar-refractivity contribution is 7.90. The Bertz CT molecular complexity index is 752. The summed E-state index contributed by atoms with van der Waals surface area (Å²) in [6.07, 6.45) is 2.78. The van der Waals surface area contributed by atoms with Crippen molar-refractivity contribution >= 4 is 20.0 Å². The molecule has 0 radical (unpaired) electrons. The van der Waals surface area contributed by atoms with E-state index in [9.17, 15) is 16.8 Å². The Morgan fingerprint density at radius 1 is 1.04 bits per heavy atom. The van der Waals surface area contributed by atoms with Gasteiger partial charge in [0.2, 0.25) is 20.0 Å². The van der Waals surface area contributed by atoms with E-state index in [2.05, 4.69) is 4.72 Å².